The molecule has 1 unspecified atom stereocenters. The van der Waals surface area contributed by atoms with Crippen molar-refractivity contribution in [3.8, 4) is 0 Å². The molecule has 45 heavy (non-hydrogen) atoms. The molecule has 0 N–H and O–H groups in total. The minimum atomic E-state index is -7.19. The first kappa shape index (κ1) is 46.7. The van der Waals surface area contributed by atoms with Crippen LogP contribution in [0.5, 0.6) is 0 Å². The zero-order valence-electron chi connectivity index (χ0n) is 21.6. The van der Waals surface area contributed by atoms with Crippen molar-refractivity contribution in [3.05, 3.63) is 0 Å². The summed E-state index contributed by atoms with van der Waals surface area (Å²) in [6.45, 7) is -2.82. The molecule has 0 heterocycles. The normalized spacial score (nSPS) is 14.9. The third-order valence-corrected chi connectivity index (χ3v) is 5.72. The largest absolute Gasteiger partial charge is 1.00 e. The van der Waals surface area contributed by atoms with E-state index < -0.39 is 122 Å². The van der Waals surface area contributed by atoms with Crippen molar-refractivity contribution in [2.45, 2.75) is 85.2 Å². The second-order valence-corrected chi connectivity index (χ2v) is 9.12. The topological polar surface area (TPSA) is 94.1 Å². The summed E-state index contributed by atoms with van der Waals surface area (Å²) in [5, 5.41) is 10.6. The van der Waals surface area contributed by atoms with E-state index in [-0.39, 0.29) is 51.4 Å². The van der Waals surface area contributed by atoms with Crippen molar-refractivity contribution < 1.29 is 164 Å². The van der Waals surface area contributed by atoms with Gasteiger partial charge in [0.05, 0.1) is 19.6 Å². The smallest absolute Gasteiger partial charge is 0.691 e. The third kappa shape index (κ3) is 11.3. The Balaban J connectivity index is 0. The molecule has 7 nitrogen and oxygen atoms in total. The first-order valence-electron chi connectivity index (χ1n) is 10.8. The predicted octanol–water partition coefficient (Wildman–Crippen LogP) is 3.20. The van der Waals surface area contributed by atoms with Crippen LogP contribution >= 0.6 is 12.0 Å². The van der Waals surface area contributed by atoms with Crippen LogP contribution < -0.4 is 56.6 Å². The number of carbonyl (C=O) groups excluding carboxylic acids is 2. The van der Waals surface area contributed by atoms with Gasteiger partial charge in [-0.2, -0.15) is 83.4 Å². The Bertz CT molecular complexity index is 961. The number of carbonyl (C=O) groups is 2. The summed E-state index contributed by atoms with van der Waals surface area (Å²) < 4.78 is 242. The van der Waals surface area contributed by atoms with Gasteiger partial charge in [-0.3, -0.25) is 14.6 Å². The van der Waals surface area contributed by atoms with Crippen molar-refractivity contribution >= 4 is 24.0 Å². The number of esters is 2. The molecule has 27 heteroatoms. The summed E-state index contributed by atoms with van der Waals surface area (Å²) >= 11 is -0.428. The summed E-state index contributed by atoms with van der Waals surface area (Å²) in [7, 11) is 0. The van der Waals surface area contributed by atoms with E-state index in [1.165, 1.54) is 0 Å². The fraction of sp³-hybridized carbons (Fsp3) is 0.889. The van der Waals surface area contributed by atoms with Crippen molar-refractivity contribution in [2.75, 3.05) is 13.2 Å². The third-order valence-electron chi connectivity index (χ3n) is 5.00. The average Bonchev–Trinajstić information content (AvgIpc) is 2.85. The zero-order valence-corrected chi connectivity index (χ0v) is 25.5. The second-order valence-electron chi connectivity index (χ2n) is 8.22. The van der Waals surface area contributed by atoms with Gasteiger partial charge in [0, 0.05) is 24.9 Å². The molecule has 0 saturated heterocycles. The quantitative estimate of drug-likeness (QED) is 0.0401. The van der Waals surface area contributed by atoms with Crippen molar-refractivity contribution in [2.24, 2.45) is 0 Å². The van der Waals surface area contributed by atoms with Gasteiger partial charge in [-0.05, 0) is 12.8 Å². The zero-order chi connectivity index (χ0) is 35.2. The molecule has 0 aromatic rings. The second kappa shape index (κ2) is 16.8. The van der Waals surface area contributed by atoms with Gasteiger partial charge in [0.1, 0.15) is 5.25 Å². The molecule has 0 aliphatic heterocycles. The Morgan fingerprint density at radius 2 is 0.956 bits per heavy atom. The van der Waals surface area contributed by atoms with Crippen LogP contribution in [0.15, 0.2) is 0 Å². The minimum absolute atomic E-state index is 0. The molecule has 0 bridgehead atoms. The van der Waals surface area contributed by atoms with Gasteiger partial charge in [-0.1, -0.05) is 0 Å². The van der Waals surface area contributed by atoms with Crippen LogP contribution in [0.4, 0.5) is 79.0 Å². The molecular formula is C18H15F18KO7S. The van der Waals surface area contributed by atoms with E-state index in [2.05, 4.69) is 18.8 Å². The molecule has 0 spiro atoms. The molecule has 0 fully saturated rings. The molecule has 0 aromatic heterocycles. The Hall–Kier alpha value is -0.454. The molecule has 0 rings (SSSR count). The maximum Gasteiger partial charge on any atom is 1.00 e. The average molecular weight is 756 g/mol. The fourth-order valence-electron chi connectivity index (χ4n) is 2.60. The van der Waals surface area contributed by atoms with Crippen LogP contribution in [0.3, 0.4) is 0 Å². The molecule has 0 amide bonds. The van der Waals surface area contributed by atoms with Gasteiger partial charge < -0.3 is 14.7 Å². The van der Waals surface area contributed by atoms with E-state index in [1.54, 1.807) is 0 Å². The van der Waals surface area contributed by atoms with E-state index >= 15 is 0 Å². The van der Waals surface area contributed by atoms with Crippen LogP contribution in [-0.4, -0.2) is 78.3 Å². The van der Waals surface area contributed by atoms with Gasteiger partial charge in [-0.25, -0.2) is 0 Å². The Morgan fingerprint density at radius 3 is 1.29 bits per heavy atom. The monoisotopic (exact) mass is 756 g/mol. The number of hydrogen-bond donors (Lipinski definition) is 0. The first-order valence-corrected chi connectivity index (χ1v) is 11.6. The fourth-order valence-corrected chi connectivity index (χ4v) is 3.08. The van der Waals surface area contributed by atoms with Crippen LogP contribution in [-0.2, 0) is 28.4 Å². The van der Waals surface area contributed by atoms with Gasteiger partial charge in [-0.15, -0.1) is 0 Å². The summed E-state index contributed by atoms with van der Waals surface area (Å²) in [6.07, 6.45) is -23.4. The summed E-state index contributed by atoms with van der Waals surface area (Å²) in [4.78, 5) is 23.6. The van der Waals surface area contributed by atoms with Crippen LogP contribution in [0.1, 0.15) is 32.1 Å². The number of hydrogen-bond acceptors (Lipinski definition) is 8. The Labute approximate surface area is 285 Å². The van der Waals surface area contributed by atoms with Crippen LogP contribution in [0.2, 0.25) is 0 Å². The van der Waals surface area contributed by atoms with Crippen molar-refractivity contribution in [1.29, 1.82) is 0 Å². The molecule has 1 atom stereocenters. The van der Waals surface area contributed by atoms with Gasteiger partial charge in [0.2, 0.25) is 0 Å². The number of halogens is 18. The van der Waals surface area contributed by atoms with E-state index in [4.69, 9.17) is 0 Å². The SMILES string of the molecule is O=C(CC(SOO[O-])C(=O)OCCCC(F)(F)C(F)(F)C(F)(F)C(F)(F)F)OCCCC(F)(F)C(F)(F)C(F)(F)C(F)(F)F.[K+]. The molecule has 0 aromatic carbocycles. The summed E-state index contributed by atoms with van der Waals surface area (Å²) in [5.41, 5.74) is 0. The molecule has 0 aliphatic rings. The molecule has 0 saturated carbocycles. The van der Waals surface area contributed by atoms with Crippen LogP contribution in [0, 0.1) is 0 Å². The molecule has 262 valence electrons. The Morgan fingerprint density at radius 1 is 0.600 bits per heavy atom. The number of ether oxygens (including phenoxy) is 2. The number of rotatable bonds is 18. The standard InChI is InChI=1S/C18H16F18O7S.K/c19-11(20,13(23,24)15(27,28)17(31,32)33)3-1-5-40-9(37)7-8(44-43-42-39)10(38)41-6-2-4-12(21,22)14(25,26)16(29,30)18(34,35)36;/h8,39H,1-7H2;/q;+1/p-1. The van der Waals surface area contributed by atoms with Crippen molar-refractivity contribution in [3.63, 3.8) is 0 Å². The van der Waals surface area contributed by atoms with Gasteiger partial charge >= 0.3 is 111 Å². The molecule has 0 radical (unpaired) electrons. The van der Waals surface area contributed by atoms with E-state index in [9.17, 15) is 93.9 Å². The van der Waals surface area contributed by atoms with E-state index in [0.29, 0.717) is 0 Å². The maximum absolute atomic E-state index is 13.5. The first-order chi connectivity index (χ1) is 19.4. The molecular weight excluding hydrogens is 741 g/mol. The number of alkyl halides is 18. The maximum atomic E-state index is 13.5. The predicted molar refractivity (Wildman–Crippen MR) is 100 cm³/mol. The van der Waals surface area contributed by atoms with Crippen molar-refractivity contribution in [1.82, 2.24) is 0 Å². The van der Waals surface area contributed by atoms with Gasteiger partial charge in [0.25, 0.3) is 0 Å². The van der Waals surface area contributed by atoms with E-state index in [1.807, 2.05) is 0 Å². The van der Waals surface area contributed by atoms with Gasteiger partial charge in [0.15, 0.2) is 0 Å². The summed E-state index contributed by atoms with van der Waals surface area (Å²) in [5.74, 6) is -43.9. The minimum Gasteiger partial charge on any atom is -0.691 e. The Kier molecular flexibility index (Phi) is 17.4. The summed E-state index contributed by atoms with van der Waals surface area (Å²) in [6, 6.07) is 0. The van der Waals surface area contributed by atoms with Crippen LogP contribution in [0.25, 0.3) is 0 Å². The molecule has 0 aliphatic carbocycles. The van der Waals surface area contributed by atoms with E-state index in [0.717, 1.165) is 0 Å².